The molecule has 1 aliphatic rings. The molecule has 1 aliphatic heterocycles. The highest BCUT2D eigenvalue weighted by Crippen LogP contribution is 2.31. The van der Waals surface area contributed by atoms with Crippen molar-refractivity contribution >= 4 is 28.6 Å². The van der Waals surface area contributed by atoms with E-state index >= 15 is 0 Å². The van der Waals surface area contributed by atoms with Crippen LogP contribution in [0.3, 0.4) is 0 Å². The molecule has 0 amide bonds. The Morgan fingerprint density at radius 2 is 2.09 bits per heavy atom. The molecule has 6 heteroatoms. The topological polar surface area (TPSA) is 53.4 Å². The standard InChI is InChI=1S/C16H20N2O2S2/c1-10-6-12(16(19)20)7-11(2)18(10)8-13-9-22-15(17-13)14-4-3-5-21-14/h3-5,9-12H,6-8H2,1-2H3,(H,19,20). The quantitative estimate of drug-likeness (QED) is 0.918. The third-order valence-corrected chi connectivity index (χ3v) is 6.29. The van der Waals surface area contributed by atoms with Crippen molar-refractivity contribution in [2.75, 3.05) is 0 Å². The van der Waals surface area contributed by atoms with E-state index in [4.69, 9.17) is 4.98 Å². The van der Waals surface area contributed by atoms with Crippen molar-refractivity contribution in [1.82, 2.24) is 9.88 Å². The number of rotatable bonds is 4. The van der Waals surface area contributed by atoms with Crippen molar-refractivity contribution in [3.05, 3.63) is 28.6 Å². The van der Waals surface area contributed by atoms with E-state index in [-0.39, 0.29) is 18.0 Å². The Hall–Kier alpha value is -1.24. The first-order valence-corrected chi connectivity index (χ1v) is 9.27. The summed E-state index contributed by atoms with van der Waals surface area (Å²) >= 11 is 3.39. The van der Waals surface area contributed by atoms with E-state index in [0.29, 0.717) is 0 Å². The van der Waals surface area contributed by atoms with E-state index in [2.05, 4.69) is 35.6 Å². The Bertz CT molecular complexity index is 626. The van der Waals surface area contributed by atoms with Crippen LogP contribution < -0.4 is 0 Å². The first-order valence-electron chi connectivity index (χ1n) is 7.51. The average Bonchev–Trinajstić information content (AvgIpc) is 3.13. The van der Waals surface area contributed by atoms with Crippen LogP contribution >= 0.6 is 22.7 Å². The number of likely N-dealkylation sites (tertiary alicyclic amines) is 1. The lowest BCUT2D eigenvalue weighted by Gasteiger charge is -2.41. The lowest BCUT2D eigenvalue weighted by atomic mass is 9.87. The Labute approximate surface area is 138 Å². The average molecular weight is 336 g/mol. The minimum atomic E-state index is -0.660. The van der Waals surface area contributed by atoms with Gasteiger partial charge in [-0.05, 0) is 38.1 Å². The molecule has 1 N–H and O–H groups in total. The van der Waals surface area contributed by atoms with Crippen LogP contribution in [0.2, 0.25) is 0 Å². The molecule has 3 rings (SSSR count). The number of aromatic nitrogens is 1. The minimum Gasteiger partial charge on any atom is -0.481 e. The van der Waals surface area contributed by atoms with Crippen LogP contribution in [0.5, 0.6) is 0 Å². The van der Waals surface area contributed by atoms with Crippen LogP contribution in [0, 0.1) is 5.92 Å². The normalized spacial score (nSPS) is 26.2. The van der Waals surface area contributed by atoms with Gasteiger partial charge >= 0.3 is 5.97 Å². The second-order valence-corrected chi connectivity index (χ2v) is 7.80. The van der Waals surface area contributed by atoms with Crippen LogP contribution in [0.15, 0.2) is 22.9 Å². The van der Waals surface area contributed by atoms with Crippen molar-refractivity contribution in [1.29, 1.82) is 0 Å². The van der Waals surface area contributed by atoms with Gasteiger partial charge in [-0.2, -0.15) is 0 Å². The second-order valence-electron chi connectivity index (χ2n) is 6.00. The Kier molecular flexibility index (Phi) is 4.61. The predicted molar refractivity (Wildman–Crippen MR) is 90.3 cm³/mol. The molecule has 0 spiro atoms. The maximum Gasteiger partial charge on any atom is 0.306 e. The van der Waals surface area contributed by atoms with Gasteiger partial charge in [-0.3, -0.25) is 9.69 Å². The van der Waals surface area contributed by atoms with Gasteiger partial charge in [-0.15, -0.1) is 22.7 Å². The van der Waals surface area contributed by atoms with E-state index < -0.39 is 5.97 Å². The highest BCUT2D eigenvalue weighted by molar-refractivity contribution is 7.20. The van der Waals surface area contributed by atoms with Gasteiger partial charge in [0.15, 0.2) is 0 Å². The molecule has 0 bridgehead atoms. The van der Waals surface area contributed by atoms with Crippen LogP contribution in [0.4, 0.5) is 0 Å². The molecule has 22 heavy (non-hydrogen) atoms. The van der Waals surface area contributed by atoms with Crippen molar-refractivity contribution in [3.8, 4) is 9.88 Å². The van der Waals surface area contributed by atoms with Crippen molar-refractivity contribution in [2.45, 2.75) is 45.3 Å². The molecule has 0 saturated carbocycles. The number of carboxylic acids is 1. The van der Waals surface area contributed by atoms with Gasteiger partial charge in [0.2, 0.25) is 0 Å². The summed E-state index contributed by atoms with van der Waals surface area (Å²) in [4.78, 5) is 19.5. The van der Waals surface area contributed by atoms with Crippen molar-refractivity contribution in [3.63, 3.8) is 0 Å². The van der Waals surface area contributed by atoms with Crippen LogP contribution in [-0.4, -0.2) is 33.0 Å². The van der Waals surface area contributed by atoms with Crippen LogP contribution in [0.1, 0.15) is 32.4 Å². The summed E-state index contributed by atoms with van der Waals surface area (Å²) in [7, 11) is 0. The summed E-state index contributed by atoms with van der Waals surface area (Å²) < 4.78 is 0. The van der Waals surface area contributed by atoms with Gasteiger partial charge in [0, 0.05) is 24.0 Å². The Balaban J connectivity index is 1.69. The molecule has 1 saturated heterocycles. The van der Waals surface area contributed by atoms with E-state index in [1.54, 1.807) is 22.7 Å². The smallest absolute Gasteiger partial charge is 0.306 e. The van der Waals surface area contributed by atoms with Crippen LogP contribution in [0.25, 0.3) is 9.88 Å². The molecule has 2 atom stereocenters. The number of aliphatic carboxylic acids is 1. The SMILES string of the molecule is CC1CC(C(=O)O)CC(C)N1Cc1csc(-c2cccs2)n1. The van der Waals surface area contributed by atoms with E-state index in [1.165, 1.54) is 4.88 Å². The first kappa shape index (κ1) is 15.6. The molecule has 2 aromatic rings. The third kappa shape index (κ3) is 3.24. The van der Waals surface area contributed by atoms with E-state index in [9.17, 15) is 9.90 Å². The lowest BCUT2D eigenvalue weighted by Crippen LogP contribution is -2.47. The van der Waals surface area contributed by atoms with Crippen LogP contribution in [-0.2, 0) is 11.3 Å². The third-order valence-electron chi connectivity index (χ3n) is 4.36. The summed E-state index contributed by atoms with van der Waals surface area (Å²) in [6, 6.07) is 4.69. The molecular weight excluding hydrogens is 316 g/mol. The number of thiophene rings is 1. The van der Waals surface area contributed by atoms with Gasteiger partial charge in [0.25, 0.3) is 0 Å². The largest absolute Gasteiger partial charge is 0.481 e. The lowest BCUT2D eigenvalue weighted by molar-refractivity contribution is -0.145. The van der Waals surface area contributed by atoms with Crippen molar-refractivity contribution < 1.29 is 9.90 Å². The summed E-state index contributed by atoms with van der Waals surface area (Å²) in [6.45, 7) is 5.05. The zero-order valence-electron chi connectivity index (χ0n) is 12.7. The molecule has 4 nitrogen and oxygen atoms in total. The van der Waals surface area contributed by atoms with Crippen molar-refractivity contribution in [2.24, 2.45) is 5.92 Å². The number of hydrogen-bond acceptors (Lipinski definition) is 5. The van der Waals surface area contributed by atoms with E-state index in [1.807, 2.05) is 6.07 Å². The van der Waals surface area contributed by atoms with Gasteiger partial charge in [0.1, 0.15) is 5.01 Å². The number of carbonyl (C=O) groups is 1. The molecule has 118 valence electrons. The summed E-state index contributed by atoms with van der Waals surface area (Å²) in [6.07, 6.45) is 1.45. The molecule has 0 aliphatic carbocycles. The minimum absolute atomic E-state index is 0.210. The highest BCUT2D eigenvalue weighted by Gasteiger charge is 2.34. The van der Waals surface area contributed by atoms with Gasteiger partial charge < -0.3 is 5.11 Å². The summed E-state index contributed by atoms with van der Waals surface area (Å²) in [5.74, 6) is -0.870. The molecular formula is C16H20N2O2S2. The Morgan fingerprint density at radius 1 is 1.36 bits per heavy atom. The predicted octanol–water partition coefficient (Wildman–Crippen LogP) is 3.95. The molecule has 0 radical (unpaired) electrons. The number of thiazole rings is 1. The fourth-order valence-corrected chi connectivity index (χ4v) is 4.84. The molecule has 2 unspecified atom stereocenters. The maximum absolute atomic E-state index is 11.2. The van der Waals surface area contributed by atoms with E-state index in [0.717, 1.165) is 30.1 Å². The Morgan fingerprint density at radius 3 is 2.68 bits per heavy atom. The van der Waals surface area contributed by atoms with Gasteiger partial charge in [-0.25, -0.2) is 4.98 Å². The summed E-state index contributed by atoms with van der Waals surface area (Å²) in [5.41, 5.74) is 1.08. The molecule has 1 fully saturated rings. The molecule has 2 aromatic heterocycles. The monoisotopic (exact) mass is 336 g/mol. The summed E-state index contributed by atoms with van der Waals surface area (Å²) in [5, 5.41) is 14.5. The highest BCUT2D eigenvalue weighted by atomic mass is 32.1. The second kappa shape index (κ2) is 6.48. The zero-order chi connectivity index (χ0) is 15.7. The first-order chi connectivity index (χ1) is 10.5. The number of hydrogen-bond donors (Lipinski definition) is 1. The zero-order valence-corrected chi connectivity index (χ0v) is 14.4. The molecule has 0 aromatic carbocycles. The molecule has 3 heterocycles. The number of carboxylic acid groups (broad SMARTS) is 1. The maximum atomic E-state index is 11.2. The van der Waals surface area contributed by atoms with Gasteiger partial charge in [-0.1, -0.05) is 6.07 Å². The van der Waals surface area contributed by atoms with Gasteiger partial charge in [0.05, 0.1) is 16.5 Å². The fourth-order valence-electron chi connectivity index (χ4n) is 3.22. The number of nitrogens with zero attached hydrogens (tertiary/aromatic N) is 2. The fraction of sp³-hybridized carbons (Fsp3) is 0.500. The number of piperidine rings is 1.